The summed E-state index contributed by atoms with van der Waals surface area (Å²) in [6, 6.07) is 26.7. The Labute approximate surface area is 222 Å². The predicted molar refractivity (Wildman–Crippen MR) is 148 cm³/mol. The molecule has 0 aliphatic carbocycles. The van der Waals surface area contributed by atoms with Gasteiger partial charge in [0.2, 0.25) is 5.56 Å². The van der Waals surface area contributed by atoms with Crippen molar-refractivity contribution in [1.29, 1.82) is 0 Å². The van der Waals surface area contributed by atoms with Crippen LogP contribution < -0.4 is 10.3 Å². The molecule has 0 saturated carbocycles. The summed E-state index contributed by atoms with van der Waals surface area (Å²) in [5.41, 5.74) is 3.20. The van der Waals surface area contributed by atoms with Gasteiger partial charge < -0.3 is 19.9 Å². The number of aliphatic hydroxyl groups excluding tert-OH is 1. The molecular weight excluding hydrogens is 480 g/mol. The summed E-state index contributed by atoms with van der Waals surface area (Å²) < 4.78 is 6.04. The van der Waals surface area contributed by atoms with Crippen LogP contribution in [0.4, 0.5) is 0 Å². The van der Waals surface area contributed by atoms with E-state index in [2.05, 4.69) is 22.0 Å². The molecule has 0 radical (unpaired) electrons. The van der Waals surface area contributed by atoms with E-state index in [0.29, 0.717) is 42.9 Å². The van der Waals surface area contributed by atoms with Crippen LogP contribution in [0.1, 0.15) is 48.5 Å². The van der Waals surface area contributed by atoms with E-state index >= 15 is 0 Å². The zero-order valence-corrected chi connectivity index (χ0v) is 21.4. The molecular formula is C31H34N2O5. The van der Waals surface area contributed by atoms with Crippen LogP contribution in [0.15, 0.2) is 89.7 Å². The predicted octanol–water partition coefficient (Wildman–Crippen LogP) is 5.29. The highest BCUT2D eigenvalue weighted by Gasteiger charge is 2.18. The Morgan fingerprint density at radius 3 is 2.29 bits per heavy atom. The summed E-state index contributed by atoms with van der Waals surface area (Å²) >= 11 is 0. The van der Waals surface area contributed by atoms with Gasteiger partial charge in [-0.15, -0.1) is 0 Å². The van der Waals surface area contributed by atoms with Crippen LogP contribution in [0.3, 0.4) is 0 Å². The number of aromatic nitrogens is 1. The minimum Gasteiger partial charge on any atom is -0.487 e. The standard InChI is InChI=1S/C31H34N2O5/c34-27(21-33(19-9-3-8-14-30(36)37)20-23-10-4-1-5-11-23)25-15-17-28(31-26(25)16-18-29(35)32-31)38-22-24-12-6-2-7-13-24/h1-2,4-7,10-13,15-18,27,34H,3,8-9,14,19-22H2,(H,32,35)(H,36,37)/t27-/m1/s1. The molecule has 0 spiro atoms. The topological polar surface area (TPSA) is 103 Å². The third-order valence-electron chi connectivity index (χ3n) is 6.53. The van der Waals surface area contributed by atoms with Gasteiger partial charge in [-0.25, -0.2) is 0 Å². The van der Waals surface area contributed by atoms with Gasteiger partial charge in [-0.2, -0.15) is 0 Å². The number of hydrogen-bond acceptors (Lipinski definition) is 5. The van der Waals surface area contributed by atoms with E-state index in [1.54, 1.807) is 12.1 Å². The number of nitrogens with one attached hydrogen (secondary N) is 1. The van der Waals surface area contributed by atoms with Gasteiger partial charge in [0.1, 0.15) is 12.4 Å². The lowest BCUT2D eigenvalue weighted by Gasteiger charge is -2.26. The highest BCUT2D eigenvalue weighted by Crippen LogP contribution is 2.31. The number of H-pyrrole nitrogens is 1. The number of carbonyl (C=O) groups is 1. The van der Waals surface area contributed by atoms with E-state index < -0.39 is 12.1 Å². The third-order valence-corrected chi connectivity index (χ3v) is 6.53. The van der Waals surface area contributed by atoms with Crippen LogP contribution >= 0.6 is 0 Å². The van der Waals surface area contributed by atoms with Crippen molar-refractivity contribution in [1.82, 2.24) is 9.88 Å². The fourth-order valence-electron chi connectivity index (χ4n) is 4.60. The number of unbranched alkanes of at least 4 members (excludes halogenated alkanes) is 2. The Balaban J connectivity index is 1.51. The number of carboxylic acids is 1. The first kappa shape index (κ1) is 27.1. The number of pyridine rings is 1. The number of carboxylic acid groups (broad SMARTS) is 1. The summed E-state index contributed by atoms with van der Waals surface area (Å²) in [4.78, 5) is 28.1. The van der Waals surface area contributed by atoms with Crippen LogP contribution in [-0.2, 0) is 17.9 Å². The fraction of sp³-hybridized carbons (Fsp3) is 0.290. The molecule has 7 nitrogen and oxygen atoms in total. The quantitative estimate of drug-likeness (QED) is 0.198. The minimum absolute atomic E-state index is 0.171. The number of aliphatic hydroxyl groups is 1. The molecule has 7 heteroatoms. The molecule has 3 aromatic carbocycles. The smallest absolute Gasteiger partial charge is 0.303 e. The monoisotopic (exact) mass is 514 g/mol. The molecule has 0 fully saturated rings. The first-order chi connectivity index (χ1) is 18.5. The molecule has 1 aromatic heterocycles. The Hall–Kier alpha value is -3.94. The van der Waals surface area contributed by atoms with Gasteiger partial charge in [0.15, 0.2) is 0 Å². The van der Waals surface area contributed by atoms with E-state index in [4.69, 9.17) is 9.84 Å². The lowest BCUT2D eigenvalue weighted by Crippen LogP contribution is -2.29. The Morgan fingerprint density at radius 2 is 1.58 bits per heavy atom. The number of benzene rings is 3. The molecule has 0 aliphatic heterocycles. The van der Waals surface area contributed by atoms with Gasteiger partial charge >= 0.3 is 5.97 Å². The Bertz CT molecular complexity index is 1370. The fourth-order valence-corrected chi connectivity index (χ4v) is 4.60. The lowest BCUT2D eigenvalue weighted by molar-refractivity contribution is -0.137. The van der Waals surface area contributed by atoms with Gasteiger partial charge in [0.05, 0.1) is 11.6 Å². The zero-order chi connectivity index (χ0) is 26.7. The van der Waals surface area contributed by atoms with E-state index in [9.17, 15) is 14.7 Å². The summed E-state index contributed by atoms with van der Waals surface area (Å²) in [7, 11) is 0. The number of ether oxygens (including phenoxy) is 1. The Kier molecular flexibility index (Phi) is 9.67. The van der Waals surface area contributed by atoms with Crippen molar-refractivity contribution in [3.05, 3.63) is 112 Å². The van der Waals surface area contributed by atoms with Crippen LogP contribution in [0.2, 0.25) is 0 Å². The van der Waals surface area contributed by atoms with Crippen molar-refractivity contribution in [2.45, 2.75) is 44.9 Å². The van der Waals surface area contributed by atoms with Crippen molar-refractivity contribution in [3.63, 3.8) is 0 Å². The van der Waals surface area contributed by atoms with Gasteiger partial charge in [0, 0.05) is 31.0 Å². The van der Waals surface area contributed by atoms with Crippen molar-refractivity contribution in [2.75, 3.05) is 13.1 Å². The molecule has 0 unspecified atom stereocenters. The van der Waals surface area contributed by atoms with Gasteiger partial charge in [-0.3, -0.25) is 14.5 Å². The molecule has 0 bridgehead atoms. The second-order valence-electron chi connectivity index (χ2n) is 9.48. The minimum atomic E-state index is -0.797. The first-order valence-electron chi connectivity index (χ1n) is 13.0. The molecule has 38 heavy (non-hydrogen) atoms. The van der Waals surface area contributed by atoms with Crippen LogP contribution in [0, 0.1) is 0 Å². The number of rotatable bonds is 14. The van der Waals surface area contributed by atoms with Gasteiger partial charge in [-0.05, 0) is 48.2 Å². The molecule has 3 N–H and O–H groups in total. The second kappa shape index (κ2) is 13.6. The summed E-state index contributed by atoms with van der Waals surface area (Å²) in [6.07, 6.45) is 1.66. The number of aromatic amines is 1. The second-order valence-corrected chi connectivity index (χ2v) is 9.48. The third kappa shape index (κ3) is 7.78. The molecule has 4 rings (SSSR count). The van der Waals surface area contributed by atoms with E-state index in [0.717, 1.165) is 35.9 Å². The number of nitrogens with zero attached hydrogens (tertiary/aromatic N) is 1. The molecule has 1 heterocycles. The molecule has 0 amide bonds. The SMILES string of the molecule is O=C(O)CCCCCN(Cc1ccccc1)C[C@@H](O)c1ccc(OCc2ccccc2)c2[nH]c(=O)ccc12. The highest BCUT2D eigenvalue weighted by atomic mass is 16.5. The summed E-state index contributed by atoms with van der Waals surface area (Å²) in [6.45, 7) is 2.16. The number of aliphatic carboxylic acids is 1. The van der Waals surface area contributed by atoms with Crippen molar-refractivity contribution < 1.29 is 19.7 Å². The number of fused-ring (bicyclic) bond motifs is 1. The Morgan fingerprint density at radius 1 is 0.868 bits per heavy atom. The zero-order valence-electron chi connectivity index (χ0n) is 21.4. The van der Waals surface area contributed by atoms with Crippen molar-refractivity contribution in [3.8, 4) is 5.75 Å². The highest BCUT2D eigenvalue weighted by molar-refractivity contribution is 5.87. The normalized spacial score (nSPS) is 12.1. The summed E-state index contributed by atoms with van der Waals surface area (Å²) in [5, 5.41) is 21.0. The average molecular weight is 515 g/mol. The van der Waals surface area contributed by atoms with Crippen molar-refractivity contribution >= 4 is 16.9 Å². The maximum absolute atomic E-state index is 12.2. The van der Waals surface area contributed by atoms with Crippen LogP contribution in [0.25, 0.3) is 10.9 Å². The largest absolute Gasteiger partial charge is 0.487 e. The van der Waals surface area contributed by atoms with E-state index in [1.165, 1.54) is 6.07 Å². The van der Waals surface area contributed by atoms with Gasteiger partial charge in [0.25, 0.3) is 0 Å². The average Bonchev–Trinajstić information content (AvgIpc) is 2.92. The van der Waals surface area contributed by atoms with Crippen molar-refractivity contribution in [2.24, 2.45) is 0 Å². The van der Waals surface area contributed by atoms with Gasteiger partial charge in [-0.1, -0.05) is 73.2 Å². The maximum atomic E-state index is 12.2. The molecule has 4 aromatic rings. The van der Waals surface area contributed by atoms with Crippen LogP contribution in [0.5, 0.6) is 5.75 Å². The molecule has 198 valence electrons. The summed E-state index contributed by atoms with van der Waals surface area (Å²) in [5.74, 6) is -0.222. The maximum Gasteiger partial charge on any atom is 0.303 e. The first-order valence-corrected chi connectivity index (χ1v) is 13.0. The molecule has 0 saturated heterocycles. The lowest BCUT2D eigenvalue weighted by atomic mass is 10.0. The molecule has 0 aliphatic rings. The number of hydrogen-bond donors (Lipinski definition) is 3. The van der Waals surface area contributed by atoms with E-state index in [-0.39, 0.29) is 12.0 Å². The molecule has 1 atom stereocenters. The van der Waals surface area contributed by atoms with Crippen LogP contribution in [-0.4, -0.2) is 39.2 Å². The van der Waals surface area contributed by atoms with E-state index in [1.807, 2.05) is 54.6 Å².